The second-order valence-corrected chi connectivity index (χ2v) is 5.88. The molecule has 3 nitrogen and oxygen atoms in total. The highest BCUT2D eigenvalue weighted by molar-refractivity contribution is 5.20. The van der Waals surface area contributed by atoms with Gasteiger partial charge in [-0.05, 0) is 37.7 Å². The molecule has 1 aromatic heterocycles. The van der Waals surface area contributed by atoms with Crippen molar-refractivity contribution in [1.82, 2.24) is 14.9 Å². The van der Waals surface area contributed by atoms with E-state index in [1.807, 2.05) is 13.1 Å². The molecule has 1 aliphatic carbocycles. The summed E-state index contributed by atoms with van der Waals surface area (Å²) >= 11 is 0. The molecule has 1 fully saturated rings. The Balaban J connectivity index is 1.63. The maximum absolute atomic E-state index is 4.60. The summed E-state index contributed by atoms with van der Waals surface area (Å²) in [6, 6.07) is 0. The monoisotopic (exact) mass is 245 g/mol. The fraction of sp³-hybridized carbons (Fsp3) is 0.733. The van der Waals surface area contributed by atoms with E-state index in [2.05, 4.69) is 14.9 Å². The molecule has 1 aliphatic heterocycles. The van der Waals surface area contributed by atoms with Crippen LogP contribution in [0, 0.1) is 12.8 Å². The normalized spacial score (nSPS) is 21.8. The second kappa shape index (κ2) is 5.35. The van der Waals surface area contributed by atoms with Crippen molar-refractivity contribution in [1.29, 1.82) is 0 Å². The van der Waals surface area contributed by atoms with Gasteiger partial charge in [0.1, 0.15) is 5.82 Å². The van der Waals surface area contributed by atoms with Crippen molar-refractivity contribution >= 4 is 0 Å². The maximum atomic E-state index is 4.60. The molecule has 3 rings (SSSR count). The second-order valence-electron chi connectivity index (χ2n) is 5.88. The first-order valence-corrected chi connectivity index (χ1v) is 7.35. The molecule has 98 valence electrons. The van der Waals surface area contributed by atoms with Gasteiger partial charge in [-0.25, -0.2) is 9.97 Å². The minimum absolute atomic E-state index is 0.910. The van der Waals surface area contributed by atoms with E-state index in [1.165, 1.54) is 56.5 Å². The Bertz CT molecular complexity index is 410. The number of aryl methyl sites for hydroxylation is 1. The van der Waals surface area contributed by atoms with Crippen LogP contribution in [-0.4, -0.2) is 28.0 Å². The summed E-state index contributed by atoms with van der Waals surface area (Å²) in [5, 5.41) is 0. The summed E-state index contributed by atoms with van der Waals surface area (Å²) in [5.41, 5.74) is 2.63. The van der Waals surface area contributed by atoms with Gasteiger partial charge in [0.05, 0.1) is 5.69 Å². The summed E-state index contributed by atoms with van der Waals surface area (Å²) in [4.78, 5) is 11.5. The zero-order valence-corrected chi connectivity index (χ0v) is 11.4. The topological polar surface area (TPSA) is 29.0 Å². The molecular formula is C15H23N3. The molecule has 0 atom stereocenters. The Hall–Kier alpha value is -0.960. The van der Waals surface area contributed by atoms with E-state index in [4.69, 9.17) is 0 Å². The van der Waals surface area contributed by atoms with Crippen LogP contribution in [0.4, 0.5) is 0 Å². The first-order chi connectivity index (χ1) is 8.81. The third kappa shape index (κ3) is 2.72. The highest BCUT2D eigenvalue weighted by Gasteiger charge is 2.22. The number of nitrogens with zero attached hydrogens (tertiary/aromatic N) is 3. The number of rotatable bonds is 2. The molecule has 18 heavy (non-hydrogen) atoms. The molecule has 0 aromatic carbocycles. The van der Waals surface area contributed by atoms with E-state index in [0.717, 1.165) is 24.7 Å². The lowest BCUT2D eigenvalue weighted by Crippen LogP contribution is -2.35. The Kier molecular flexibility index (Phi) is 3.59. The van der Waals surface area contributed by atoms with Crippen LogP contribution in [0.2, 0.25) is 0 Å². The zero-order valence-electron chi connectivity index (χ0n) is 11.4. The van der Waals surface area contributed by atoms with Gasteiger partial charge in [-0.2, -0.15) is 0 Å². The third-order valence-corrected chi connectivity index (χ3v) is 4.39. The first kappa shape index (κ1) is 12.1. The molecule has 0 bridgehead atoms. The van der Waals surface area contributed by atoms with E-state index in [0.29, 0.717) is 0 Å². The average Bonchev–Trinajstić information content (AvgIpc) is 2.39. The quantitative estimate of drug-likeness (QED) is 0.802. The molecule has 2 aliphatic rings. The van der Waals surface area contributed by atoms with Crippen molar-refractivity contribution < 1.29 is 0 Å². The molecule has 0 amide bonds. The standard InChI is InChI=1S/C15H23N3/c1-12-16-9-14-7-8-18(11-15(14)17-12)10-13-5-3-2-4-6-13/h9,13H,2-8,10-11H2,1H3. The van der Waals surface area contributed by atoms with E-state index in [-0.39, 0.29) is 0 Å². The summed E-state index contributed by atoms with van der Waals surface area (Å²) in [5.74, 6) is 1.84. The van der Waals surface area contributed by atoms with Crippen molar-refractivity contribution in [3.63, 3.8) is 0 Å². The van der Waals surface area contributed by atoms with Crippen molar-refractivity contribution in [2.24, 2.45) is 5.92 Å². The number of hydrogen-bond donors (Lipinski definition) is 0. The molecule has 3 heteroatoms. The molecule has 0 N–H and O–H groups in total. The lowest BCUT2D eigenvalue weighted by atomic mass is 9.88. The SMILES string of the molecule is Cc1ncc2c(n1)CN(CC1CCCCC1)CC2. The lowest BCUT2D eigenvalue weighted by Gasteiger charge is -2.32. The molecular weight excluding hydrogens is 222 g/mol. The summed E-state index contributed by atoms with van der Waals surface area (Å²) in [6.45, 7) is 5.49. The fourth-order valence-corrected chi connectivity index (χ4v) is 3.35. The van der Waals surface area contributed by atoms with Crippen LogP contribution in [0.25, 0.3) is 0 Å². The molecule has 0 unspecified atom stereocenters. The van der Waals surface area contributed by atoms with E-state index in [1.54, 1.807) is 0 Å². The van der Waals surface area contributed by atoms with Crippen LogP contribution in [0.5, 0.6) is 0 Å². The van der Waals surface area contributed by atoms with Gasteiger partial charge >= 0.3 is 0 Å². The highest BCUT2D eigenvalue weighted by atomic mass is 15.1. The lowest BCUT2D eigenvalue weighted by molar-refractivity contribution is 0.184. The van der Waals surface area contributed by atoms with Crippen molar-refractivity contribution in [2.45, 2.75) is 52.0 Å². The third-order valence-electron chi connectivity index (χ3n) is 4.39. The fourth-order valence-electron chi connectivity index (χ4n) is 3.35. The Labute approximate surface area is 110 Å². The molecule has 1 aromatic rings. The molecule has 0 saturated heterocycles. The van der Waals surface area contributed by atoms with Crippen LogP contribution in [0.1, 0.15) is 49.2 Å². The smallest absolute Gasteiger partial charge is 0.125 e. The maximum Gasteiger partial charge on any atom is 0.125 e. The van der Waals surface area contributed by atoms with Gasteiger partial charge in [0.25, 0.3) is 0 Å². The van der Waals surface area contributed by atoms with Crippen LogP contribution in [0.15, 0.2) is 6.20 Å². The Morgan fingerprint density at radius 2 is 2.11 bits per heavy atom. The average molecular weight is 245 g/mol. The molecule has 2 heterocycles. The minimum Gasteiger partial charge on any atom is -0.297 e. The summed E-state index contributed by atoms with van der Waals surface area (Å²) in [7, 11) is 0. The largest absolute Gasteiger partial charge is 0.297 e. The molecule has 0 spiro atoms. The summed E-state index contributed by atoms with van der Waals surface area (Å²) < 4.78 is 0. The molecule has 1 saturated carbocycles. The van der Waals surface area contributed by atoms with Crippen LogP contribution in [-0.2, 0) is 13.0 Å². The number of fused-ring (bicyclic) bond motifs is 1. The van der Waals surface area contributed by atoms with Gasteiger partial charge in [-0.15, -0.1) is 0 Å². The first-order valence-electron chi connectivity index (χ1n) is 7.35. The van der Waals surface area contributed by atoms with Gasteiger partial charge < -0.3 is 0 Å². The highest BCUT2D eigenvalue weighted by Crippen LogP contribution is 2.26. The van der Waals surface area contributed by atoms with E-state index >= 15 is 0 Å². The van der Waals surface area contributed by atoms with E-state index < -0.39 is 0 Å². The molecule has 0 radical (unpaired) electrons. The van der Waals surface area contributed by atoms with Crippen molar-refractivity contribution in [3.05, 3.63) is 23.3 Å². The zero-order chi connectivity index (χ0) is 12.4. The Morgan fingerprint density at radius 3 is 2.94 bits per heavy atom. The Morgan fingerprint density at radius 1 is 1.28 bits per heavy atom. The van der Waals surface area contributed by atoms with Crippen molar-refractivity contribution in [3.8, 4) is 0 Å². The predicted octanol–water partition coefficient (Wildman–Crippen LogP) is 2.72. The number of hydrogen-bond acceptors (Lipinski definition) is 3. The van der Waals surface area contributed by atoms with Gasteiger partial charge in [0, 0.05) is 25.8 Å². The van der Waals surface area contributed by atoms with Gasteiger partial charge in [-0.1, -0.05) is 19.3 Å². The van der Waals surface area contributed by atoms with Crippen molar-refractivity contribution in [2.75, 3.05) is 13.1 Å². The van der Waals surface area contributed by atoms with Crippen LogP contribution >= 0.6 is 0 Å². The summed E-state index contributed by atoms with van der Waals surface area (Å²) in [6.07, 6.45) is 10.4. The number of aromatic nitrogens is 2. The van der Waals surface area contributed by atoms with Gasteiger partial charge in [-0.3, -0.25) is 4.90 Å². The van der Waals surface area contributed by atoms with Gasteiger partial charge in [0.15, 0.2) is 0 Å². The van der Waals surface area contributed by atoms with Gasteiger partial charge in [0.2, 0.25) is 0 Å². The van der Waals surface area contributed by atoms with Crippen LogP contribution < -0.4 is 0 Å². The predicted molar refractivity (Wildman–Crippen MR) is 72.3 cm³/mol. The van der Waals surface area contributed by atoms with E-state index in [9.17, 15) is 0 Å². The minimum atomic E-state index is 0.910. The van der Waals surface area contributed by atoms with Crippen LogP contribution in [0.3, 0.4) is 0 Å².